The third-order valence-corrected chi connectivity index (χ3v) is 2.54. The zero-order valence-electron chi connectivity index (χ0n) is 12.0. The summed E-state index contributed by atoms with van der Waals surface area (Å²) in [6.07, 6.45) is 0. The molecule has 0 aromatic heterocycles. The van der Waals surface area contributed by atoms with Gasteiger partial charge in [0.05, 0.1) is 11.9 Å². The number of carbonyl (C=O) groups excluding carboxylic acids is 2. The second-order valence-electron chi connectivity index (χ2n) is 3.90. The third-order valence-electron chi connectivity index (χ3n) is 2.19. The van der Waals surface area contributed by atoms with Crippen LogP contribution in [0.2, 0.25) is 5.28 Å². The summed E-state index contributed by atoms with van der Waals surface area (Å²) in [5.41, 5.74) is 0.440. The summed E-state index contributed by atoms with van der Waals surface area (Å²) in [6.45, 7) is 0. The molecular weight excluding hydrogens is 315 g/mol. The van der Waals surface area contributed by atoms with Gasteiger partial charge in [0.25, 0.3) is 0 Å². The maximum atomic E-state index is 10.1. The molecule has 1 N–H and O–H groups in total. The van der Waals surface area contributed by atoms with Gasteiger partial charge < -0.3 is 19.8 Å². The number of carboxylic acids is 3. The second kappa shape index (κ2) is 12.0. The van der Waals surface area contributed by atoms with Crippen molar-refractivity contribution in [3.63, 3.8) is 0 Å². The van der Waals surface area contributed by atoms with E-state index < -0.39 is 17.9 Å². The Morgan fingerprint density at radius 2 is 1.04 bits per heavy atom. The van der Waals surface area contributed by atoms with Gasteiger partial charge in [0.15, 0.2) is 0 Å². The molecule has 0 aliphatic carbocycles. The van der Waals surface area contributed by atoms with Gasteiger partial charge in [0.1, 0.15) is 0 Å². The van der Waals surface area contributed by atoms with Gasteiger partial charge in [-0.2, -0.15) is 0 Å². The monoisotopic (exact) mass is 328 g/mol. The smallest absolute Gasteiger partial charge is 0.0715 e. The molecule has 2 rings (SSSR count). The first kappa shape index (κ1) is 20.4. The molecule has 6 nitrogen and oxygen atoms in total. The van der Waals surface area contributed by atoms with E-state index in [0.29, 0.717) is 0 Å². The maximum Gasteiger partial charge on any atom is 0.0715 e. The van der Waals surface area contributed by atoms with Crippen LogP contribution in [0, 0.1) is 0 Å². The van der Waals surface area contributed by atoms with E-state index in [-0.39, 0.29) is 16.4 Å². The average Bonchev–Trinajstić information content (AvgIpc) is 2.57. The molecule has 2 aromatic carbocycles. The number of aliphatic carboxylic acids is 1. The molecule has 116 valence electrons. The number of carbonyl (C=O) groups is 3. The van der Waals surface area contributed by atoms with Gasteiger partial charge in [0, 0.05) is 0 Å². The second-order valence-corrected chi connectivity index (χ2v) is 4.31. The van der Waals surface area contributed by atoms with E-state index >= 15 is 0 Å². The van der Waals surface area contributed by atoms with Crippen molar-refractivity contribution < 1.29 is 29.7 Å². The van der Waals surface area contributed by atoms with Crippen molar-refractivity contribution in [1.29, 1.82) is 0 Å². The van der Waals surface area contributed by atoms with Gasteiger partial charge in [-0.25, -0.2) is 0 Å². The molecule has 0 aliphatic rings. The van der Waals surface area contributed by atoms with E-state index in [2.05, 4.69) is 16.3 Å². The Labute approximate surface area is 141 Å². The fourth-order valence-electron chi connectivity index (χ4n) is 1.15. The Morgan fingerprint density at radius 1 is 0.783 bits per heavy atom. The van der Waals surface area contributed by atoms with E-state index in [0.717, 1.165) is 0 Å². The van der Waals surface area contributed by atoms with Gasteiger partial charge in [-0.3, -0.25) is 0 Å². The van der Waals surface area contributed by atoms with Crippen molar-refractivity contribution in [2.24, 2.45) is 0 Å². The summed E-state index contributed by atoms with van der Waals surface area (Å²) in [5, 5.41) is 28.0. The maximum absolute atomic E-state index is 10.1. The van der Waals surface area contributed by atoms with Gasteiger partial charge in [-0.1, -0.05) is 60.7 Å². The standard InChI is InChI=1S/2C7H6O2.C2H3O2.Al/c2*8-7(9)6-4-2-1-3-5-6;1-2(3)4;/h2*1-5H,(H,8,9);1H2,(H,3,4);/q;;;+2/p-2. The van der Waals surface area contributed by atoms with Crippen molar-refractivity contribution in [3.8, 4) is 0 Å². The minimum atomic E-state index is -1.13. The van der Waals surface area contributed by atoms with E-state index in [1.165, 1.54) is 24.3 Å². The molecule has 7 heteroatoms. The topological polar surface area (TPSA) is 118 Å². The molecule has 0 amide bonds. The number of rotatable bonds is 3. The van der Waals surface area contributed by atoms with Crippen LogP contribution >= 0.6 is 0 Å². The first-order valence-electron chi connectivity index (χ1n) is 6.33. The molecular formula is C16H13AlO6. The molecule has 0 fully saturated rings. The van der Waals surface area contributed by atoms with Crippen molar-refractivity contribution in [3.05, 3.63) is 71.8 Å². The fraction of sp³-hybridized carbons (Fsp3) is 0.0625. The molecule has 0 heterocycles. The van der Waals surface area contributed by atoms with Crippen LogP contribution in [0.25, 0.3) is 0 Å². The quantitative estimate of drug-likeness (QED) is 0.777. The van der Waals surface area contributed by atoms with Gasteiger partial charge >= 0.3 is 37.4 Å². The van der Waals surface area contributed by atoms with Crippen LogP contribution in [0.3, 0.4) is 0 Å². The normalized spacial score (nSPS) is 8.61. The molecule has 2 aromatic rings. The summed E-state index contributed by atoms with van der Waals surface area (Å²) < 4.78 is 0. The first-order valence-corrected chi connectivity index (χ1v) is 7.14. The molecule has 0 atom stereocenters. The molecule has 0 radical (unpaired) electrons. The zero-order valence-corrected chi connectivity index (χ0v) is 13.2. The third kappa shape index (κ3) is 10.7. The Balaban J connectivity index is 0.000000332. The van der Waals surface area contributed by atoms with Crippen molar-refractivity contribution in [2.75, 3.05) is 0 Å². The first-order chi connectivity index (χ1) is 10.9. The van der Waals surface area contributed by atoms with Crippen molar-refractivity contribution in [1.82, 2.24) is 0 Å². The van der Waals surface area contributed by atoms with E-state index in [9.17, 15) is 24.6 Å². The minimum absolute atomic E-state index is 0.139. The van der Waals surface area contributed by atoms with Crippen LogP contribution in [-0.2, 0) is 4.79 Å². The number of carboxylic acid groups (broad SMARTS) is 3. The summed E-state index contributed by atoms with van der Waals surface area (Å²) in [6, 6.07) is 16.1. The Kier molecular flexibility index (Phi) is 10.6. The van der Waals surface area contributed by atoms with Crippen LogP contribution in [0.4, 0.5) is 0 Å². The zero-order chi connectivity index (χ0) is 17.7. The molecule has 0 bridgehead atoms. The summed E-state index contributed by atoms with van der Waals surface area (Å²) in [5.74, 6) is -3.04. The van der Waals surface area contributed by atoms with Crippen molar-refractivity contribution >= 4 is 34.2 Å². The average molecular weight is 328 g/mol. The van der Waals surface area contributed by atoms with Crippen LogP contribution in [0.5, 0.6) is 0 Å². The van der Waals surface area contributed by atoms with Crippen molar-refractivity contribution in [2.45, 2.75) is 5.28 Å². The molecule has 0 aliphatic heterocycles. The summed E-state index contributed by atoms with van der Waals surface area (Å²) >= 11 is 2.09. The summed E-state index contributed by atoms with van der Waals surface area (Å²) in [7, 11) is 0. The minimum Gasteiger partial charge on any atom is -0.545 e. The van der Waals surface area contributed by atoms with E-state index in [1.807, 2.05) is 0 Å². The molecule has 0 saturated carbocycles. The van der Waals surface area contributed by atoms with Crippen LogP contribution < -0.4 is 10.2 Å². The van der Waals surface area contributed by atoms with Crippen LogP contribution in [0.1, 0.15) is 20.7 Å². The molecule has 0 unspecified atom stereocenters. The Hall–Kier alpha value is -2.62. The predicted octanol–water partition coefficient (Wildman–Crippen LogP) is -0.242. The van der Waals surface area contributed by atoms with Gasteiger partial charge in [0.2, 0.25) is 0 Å². The Morgan fingerprint density at radius 3 is 1.17 bits per heavy atom. The van der Waals surface area contributed by atoms with Crippen LogP contribution in [0.15, 0.2) is 60.7 Å². The molecule has 0 saturated heterocycles. The number of aromatic carboxylic acids is 2. The van der Waals surface area contributed by atoms with E-state index in [1.54, 1.807) is 36.4 Å². The SMILES string of the molecule is O=C(O)[CH2][Al+2].O=C([O-])c1ccccc1.O=C([O-])c1ccccc1. The van der Waals surface area contributed by atoms with Gasteiger partial charge in [-0.15, -0.1) is 0 Å². The van der Waals surface area contributed by atoms with E-state index in [4.69, 9.17) is 5.11 Å². The molecule has 23 heavy (non-hydrogen) atoms. The van der Waals surface area contributed by atoms with Gasteiger partial charge in [-0.05, 0) is 11.1 Å². The number of hydrogen-bond acceptors (Lipinski definition) is 5. The molecule has 0 spiro atoms. The summed E-state index contributed by atoms with van der Waals surface area (Å²) in [4.78, 5) is 29.5. The number of benzene rings is 2. The Bertz CT molecular complexity index is 563. The fourth-order valence-corrected chi connectivity index (χ4v) is 1.15. The predicted molar refractivity (Wildman–Crippen MR) is 79.7 cm³/mol. The largest absolute Gasteiger partial charge is 0.545 e. The van der Waals surface area contributed by atoms with Crippen LogP contribution in [-0.4, -0.2) is 39.3 Å². The number of hydrogen-bond donors (Lipinski definition) is 1.